The van der Waals surface area contributed by atoms with Gasteiger partial charge in [0.1, 0.15) is 11.5 Å². The van der Waals surface area contributed by atoms with Crippen molar-refractivity contribution in [3.8, 4) is 11.5 Å². The van der Waals surface area contributed by atoms with Gasteiger partial charge in [0, 0.05) is 5.56 Å². The smallest absolute Gasteiger partial charge is 0.231 e. The van der Waals surface area contributed by atoms with Gasteiger partial charge in [-0.05, 0) is 19.1 Å². The van der Waals surface area contributed by atoms with E-state index in [0.29, 0.717) is 5.56 Å². The van der Waals surface area contributed by atoms with E-state index in [0.717, 1.165) is 12.2 Å². The van der Waals surface area contributed by atoms with Gasteiger partial charge in [0.05, 0.1) is 0 Å². The Labute approximate surface area is 85.8 Å². The third-order valence-electron chi connectivity index (χ3n) is 1.28. The predicted molar refractivity (Wildman–Crippen MR) is 51.3 cm³/mol. The molecule has 0 bridgehead atoms. The van der Waals surface area contributed by atoms with Crippen LogP contribution in [-0.4, -0.2) is 22.4 Å². The Hall–Kier alpha value is -2.42. The topological polar surface area (TPSA) is 122 Å². The van der Waals surface area contributed by atoms with Crippen molar-refractivity contribution in [1.29, 1.82) is 10.8 Å². The summed E-state index contributed by atoms with van der Waals surface area (Å²) in [6.07, 6.45) is 1.50. The molecule has 1 rings (SSSR count). The standard InChI is InChI=1S/C7H8O2.2CHNO/c1-5-6(8)3-2-4-7(5)9;2*2-1-3/h2-4,8-9H,1H3;2*2H. The van der Waals surface area contributed by atoms with Gasteiger partial charge < -0.3 is 10.2 Å². The minimum absolute atomic E-state index is 0.134. The highest BCUT2D eigenvalue weighted by atomic mass is 16.3. The molecule has 0 aliphatic carbocycles. The average molecular weight is 210 g/mol. The summed E-state index contributed by atoms with van der Waals surface area (Å²) in [5.74, 6) is 0.269. The van der Waals surface area contributed by atoms with E-state index >= 15 is 0 Å². The molecule has 15 heavy (non-hydrogen) atoms. The number of phenolic OH excluding ortho intramolecular Hbond substituents is 2. The fourth-order valence-electron chi connectivity index (χ4n) is 0.612. The van der Waals surface area contributed by atoms with Gasteiger partial charge in [-0.3, -0.25) is 0 Å². The highest BCUT2D eigenvalue weighted by Crippen LogP contribution is 2.23. The van der Waals surface area contributed by atoms with E-state index in [1.54, 1.807) is 13.0 Å². The molecule has 80 valence electrons. The molecule has 0 radical (unpaired) electrons. The Morgan fingerprint density at radius 2 is 1.33 bits per heavy atom. The summed E-state index contributed by atoms with van der Waals surface area (Å²) in [4.78, 5) is 16.7. The number of phenols is 2. The first kappa shape index (κ1) is 15.1. The Balaban J connectivity index is 0. The van der Waals surface area contributed by atoms with Crippen molar-refractivity contribution in [3.05, 3.63) is 23.8 Å². The van der Waals surface area contributed by atoms with Crippen LogP contribution in [-0.2, 0) is 9.59 Å². The van der Waals surface area contributed by atoms with Crippen LogP contribution in [0, 0.1) is 17.7 Å². The van der Waals surface area contributed by atoms with E-state index in [1.165, 1.54) is 12.1 Å². The zero-order chi connectivity index (χ0) is 12.3. The fourth-order valence-corrected chi connectivity index (χ4v) is 0.612. The third-order valence-corrected chi connectivity index (χ3v) is 1.28. The average Bonchev–Trinajstić information content (AvgIpc) is 2.17. The van der Waals surface area contributed by atoms with Gasteiger partial charge in [-0.1, -0.05) is 6.07 Å². The minimum atomic E-state index is 0.134. The van der Waals surface area contributed by atoms with Gasteiger partial charge >= 0.3 is 0 Å². The van der Waals surface area contributed by atoms with Crippen molar-refractivity contribution in [2.75, 3.05) is 0 Å². The normalized spacial score (nSPS) is 6.73. The van der Waals surface area contributed by atoms with Crippen LogP contribution in [0.25, 0.3) is 0 Å². The lowest BCUT2D eigenvalue weighted by Crippen LogP contribution is -1.73. The van der Waals surface area contributed by atoms with E-state index < -0.39 is 0 Å². The number of carbonyl (C=O) groups excluding carboxylic acids is 2. The molecular formula is C9H10N2O4. The van der Waals surface area contributed by atoms with Gasteiger partial charge in [-0.2, -0.15) is 0 Å². The van der Waals surface area contributed by atoms with E-state index in [9.17, 15) is 0 Å². The number of isocyanates is 2. The van der Waals surface area contributed by atoms with Gasteiger partial charge in [0.15, 0.2) is 0 Å². The number of aromatic hydroxyl groups is 2. The molecule has 0 amide bonds. The van der Waals surface area contributed by atoms with Gasteiger partial charge in [-0.15, -0.1) is 0 Å². The molecule has 0 heterocycles. The summed E-state index contributed by atoms with van der Waals surface area (Å²) < 4.78 is 0. The summed E-state index contributed by atoms with van der Waals surface area (Å²) in [7, 11) is 0. The first-order valence-electron chi connectivity index (χ1n) is 3.60. The first-order valence-corrected chi connectivity index (χ1v) is 3.60. The SMILES string of the molecule is Cc1c(O)cccc1O.N=C=O.N=C=O. The minimum Gasteiger partial charge on any atom is -0.508 e. The van der Waals surface area contributed by atoms with Crippen LogP contribution >= 0.6 is 0 Å². The summed E-state index contributed by atoms with van der Waals surface area (Å²) in [6, 6.07) is 4.67. The Kier molecular flexibility index (Phi) is 9.71. The molecule has 0 aromatic heterocycles. The largest absolute Gasteiger partial charge is 0.508 e. The molecule has 6 heteroatoms. The van der Waals surface area contributed by atoms with Crippen molar-refractivity contribution in [3.63, 3.8) is 0 Å². The van der Waals surface area contributed by atoms with E-state index in [-0.39, 0.29) is 11.5 Å². The molecule has 0 unspecified atom stereocenters. The molecule has 0 fully saturated rings. The first-order chi connectivity index (χ1) is 7.04. The van der Waals surface area contributed by atoms with Crippen molar-refractivity contribution < 1.29 is 19.8 Å². The molecule has 0 atom stereocenters. The van der Waals surface area contributed by atoms with Crippen LogP contribution in [0.4, 0.5) is 0 Å². The highest BCUT2D eigenvalue weighted by Gasteiger charge is 1.97. The zero-order valence-electron chi connectivity index (χ0n) is 7.94. The second-order valence-electron chi connectivity index (χ2n) is 2.13. The van der Waals surface area contributed by atoms with Crippen LogP contribution in [0.2, 0.25) is 0 Å². The second-order valence-corrected chi connectivity index (χ2v) is 2.13. The van der Waals surface area contributed by atoms with E-state index in [1.807, 2.05) is 0 Å². The second kappa shape index (κ2) is 9.67. The number of benzene rings is 1. The van der Waals surface area contributed by atoms with Crippen molar-refractivity contribution in [2.24, 2.45) is 0 Å². The van der Waals surface area contributed by atoms with Crippen LogP contribution in [0.15, 0.2) is 18.2 Å². The van der Waals surface area contributed by atoms with Crippen molar-refractivity contribution in [1.82, 2.24) is 0 Å². The molecule has 0 saturated heterocycles. The van der Waals surface area contributed by atoms with Crippen molar-refractivity contribution in [2.45, 2.75) is 6.92 Å². The quantitative estimate of drug-likeness (QED) is 0.379. The summed E-state index contributed by atoms with van der Waals surface area (Å²) in [5.41, 5.74) is 0.525. The number of hydrogen-bond acceptors (Lipinski definition) is 6. The third kappa shape index (κ3) is 7.93. The van der Waals surface area contributed by atoms with Gasteiger partial charge in [-0.25, -0.2) is 20.4 Å². The lowest BCUT2D eigenvalue weighted by molar-refractivity contribution is 0.443. The molecule has 4 N–H and O–H groups in total. The van der Waals surface area contributed by atoms with E-state index in [4.69, 9.17) is 30.6 Å². The predicted octanol–water partition coefficient (Wildman–Crippen LogP) is 1.21. The monoisotopic (exact) mass is 210 g/mol. The number of rotatable bonds is 0. The molecule has 1 aromatic carbocycles. The van der Waals surface area contributed by atoms with Gasteiger partial charge in [0.25, 0.3) is 0 Å². The molecule has 0 saturated carbocycles. The van der Waals surface area contributed by atoms with E-state index in [2.05, 4.69) is 0 Å². The van der Waals surface area contributed by atoms with Crippen molar-refractivity contribution >= 4 is 12.2 Å². The Morgan fingerprint density at radius 3 is 1.53 bits per heavy atom. The number of nitrogens with one attached hydrogen (secondary N) is 2. The number of hydrogen-bond donors (Lipinski definition) is 4. The molecular weight excluding hydrogens is 200 g/mol. The summed E-state index contributed by atoms with van der Waals surface area (Å²) in [5, 5.41) is 28.7. The maximum atomic E-state index is 8.94. The van der Waals surface area contributed by atoms with Crippen LogP contribution in [0.5, 0.6) is 11.5 Å². The molecule has 0 aliphatic heterocycles. The Morgan fingerprint density at radius 1 is 1.07 bits per heavy atom. The van der Waals surface area contributed by atoms with Crippen LogP contribution < -0.4 is 0 Å². The van der Waals surface area contributed by atoms with Crippen LogP contribution in [0.3, 0.4) is 0 Å². The lowest BCUT2D eigenvalue weighted by atomic mass is 10.2. The molecule has 6 nitrogen and oxygen atoms in total. The molecule has 0 spiro atoms. The maximum absolute atomic E-state index is 8.94. The maximum Gasteiger partial charge on any atom is 0.231 e. The summed E-state index contributed by atoms with van der Waals surface area (Å²) >= 11 is 0. The zero-order valence-corrected chi connectivity index (χ0v) is 7.94. The lowest BCUT2D eigenvalue weighted by Gasteiger charge is -1.98. The molecule has 1 aromatic rings. The summed E-state index contributed by atoms with van der Waals surface area (Å²) in [6.45, 7) is 1.66. The Bertz CT molecular complexity index is 332. The fraction of sp³-hybridized carbons (Fsp3) is 0.111. The highest BCUT2D eigenvalue weighted by molar-refractivity contribution is 5.41. The van der Waals surface area contributed by atoms with Crippen LogP contribution in [0.1, 0.15) is 5.56 Å². The van der Waals surface area contributed by atoms with Gasteiger partial charge in [0.2, 0.25) is 12.2 Å². The molecule has 0 aliphatic rings.